The molecule has 0 radical (unpaired) electrons. The summed E-state index contributed by atoms with van der Waals surface area (Å²) < 4.78 is 72.5. The maximum atomic E-state index is 12.1. The van der Waals surface area contributed by atoms with Gasteiger partial charge in [-0.3, -0.25) is 0 Å². The summed E-state index contributed by atoms with van der Waals surface area (Å²) in [6.07, 6.45) is -4.91. The van der Waals surface area contributed by atoms with Gasteiger partial charge < -0.3 is 14.2 Å². The maximum absolute atomic E-state index is 12.1. The largest absolute Gasteiger partial charge is 0.573 e. The minimum Gasteiger partial charge on any atom is -0.490 e. The zero-order chi connectivity index (χ0) is 13.8. The van der Waals surface area contributed by atoms with E-state index in [4.69, 9.17) is 4.74 Å². The van der Waals surface area contributed by atoms with Gasteiger partial charge in [0.2, 0.25) is 0 Å². The van der Waals surface area contributed by atoms with Gasteiger partial charge in [-0.15, -0.1) is 13.2 Å². The first-order valence-corrected chi connectivity index (χ1v) is 4.79. The minimum atomic E-state index is -4.91. The van der Waals surface area contributed by atoms with Crippen molar-refractivity contribution in [2.75, 3.05) is 6.61 Å². The number of alkyl halides is 5. The van der Waals surface area contributed by atoms with Crippen molar-refractivity contribution in [1.29, 1.82) is 0 Å². The quantitative estimate of drug-likeness (QED) is 0.767. The van der Waals surface area contributed by atoms with Crippen molar-refractivity contribution in [3.63, 3.8) is 0 Å². The first kappa shape index (κ1) is 14.3. The Bertz CT molecular complexity index is 392. The molecule has 0 unspecified atom stereocenters. The Morgan fingerprint density at radius 2 is 1.83 bits per heavy atom. The van der Waals surface area contributed by atoms with Crippen LogP contribution in [0.2, 0.25) is 0 Å². The second kappa shape index (κ2) is 5.74. The lowest BCUT2D eigenvalue weighted by molar-refractivity contribution is -0.274. The molecule has 0 aliphatic heterocycles. The monoisotopic (exact) mass is 272 g/mol. The van der Waals surface area contributed by atoms with Gasteiger partial charge in [0.15, 0.2) is 11.5 Å². The van der Waals surface area contributed by atoms with E-state index in [2.05, 4.69) is 9.47 Å². The molecule has 18 heavy (non-hydrogen) atoms. The van der Waals surface area contributed by atoms with Gasteiger partial charge in [-0.05, 0) is 19.1 Å². The Labute approximate surface area is 99.1 Å². The molecule has 0 bridgehead atoms. The van der Waals surface area contributed by atoms with E-state index in [-0.39, 0.29) is 12.4 Å². The molecule has 1 aromatic rings. The van der Waals surface area contributed by atoms with E-state index in [1.54, 1.807) is 6.92 Å². The summed E-state index contributed by atoms with van der Waals surface area (Å²) in [5.41, 5.74) is 0. The summed E-state index contributed by atoms with van der Waals surface area (Å²) >= 11 is 0. The number of rotatable bonds is 5. The summed E-state index contributed by atoms with van der Waals surface area (Å²) in [5, 5.41) is 0. The van der Waals surface area contributed by atoms with E-state index >= 15 is 0 Å². The Hall–Kier alpha value is -1.73. The molecule has 1 aromatic carbocycles. The summed E-state index contributed by atoms with van der Waals surface area (Å²) in [5.74, 6) is -1.28. The number of ether oxygens (including phenoxy) is 3. The van der Waals surface area contributed by atoms with Gasteiger partial charge in [-0.1, -0.05) is 0 Å². The first-order chi connectivity index (χ1) is 8.31. The van der Waals surface area contributed by atoms with Crippen molar-refractivity contribution < 1.29 is 36.2 Å². The molecule has 0 N–H and O–H groups in total. The third-order valence-electron chi connectivity index (χ3n) is 1.66. The average molecular weight is 272 g/mol. The van der Waals surface area contributed by atoms with Crippen LogP contribution < -0.4 is 14.2 Å². The highest BCUT2D eigenvalue weighted by Gasteiger charge is 2.31. The molecular weight excluding hydrogens is 263 g/mol. The highest BCUT2D eigenvalue weighted by molar-refractivity contribution is 5.45. The Morgan fingerprint density at radius 3 is 2.33 bits per heavy atom. The average Bonchev–Trinajstić information content (AvgIpc) is 2.19. The molecule has 0 aliphatic carbocycles. The Balaban J connectivity index is 2.97. The van der Waals surface area contributed by atoms with Crippen LogP contribution in [-0.4, -0.2) is 19.6 Å². The molecule has 3 nitrogen and oxygen atoms in total. The normalized spacial score (nSPS) is 11.5. The zero-order valence-corrected chi connectivity index (χ0v) is 9.13. The summed E-state index contributed by atoms with van der Waals surface area (Å²) in [6, 6.07) is 2.68. The predicted molar refractivity (Wildman–Crippen MR) is 50.9 cm³/mol. The van der Waals surface area contributed by atoms with Crippen LogP contribution in [0.3, 0.4) is 0 Å². The Kier molecular flexibility index (Phi) is 4.57. The lowest BCUT2D eigenvalue weighted by Crippen LogP contribution is -2.17. The zero-order valence-electron chi connectivity index (χ0n) is 9.13. The van der Waals surface area contributed by atoms with E-state index in [9.17, 15) is 22.0 Å². The smallest absolute Gasteiger partial charge is 0.490 e. The highest BCUT2D eigenvalue weighted by Crippen LogP contribution is 2.34. The van der Waals surface area contributed by atoms with Crippen LogP contribution in [-0.2, 0) is 0 Å². The predicted octanol–water partition coefficient (Wildman–Crippen LogP) is 3.59. The molecule has 0 aromatic heterocycles. The second-order valence-corrected chi connectivity index (χ2v) is 2.97. The molecular formula is C10H9F5O3. The summed E-state index contributed by atoms with van der Waals surface area (Å²) in [7, 11) is 0. The van der Waals surface area contributed by atoms with Crippen molar-refractivity contribution in [2.45, 2.75) is 19.9 Å². The van der Waals surface area contributed by atoms with Crippen LogP contribution in [0, 0.1) is 0 Å². The minimum absolute atomic E-state index is 0.0904. The lowest BCUT2D eigenvalue weighted by atomic mass is 10.3. The maximum Gasteiger partial charge on any atom is 0.573 e. The first-order valence-electron chi connectivity index (χ1n) is 4.79. The molecule has 0 heterocycles. The highest BCUT2D eigenvalue weighted by atomic mass is 19.4. The summed E-state index contributed by atoms with van der Waals surface area (Å²) in [6.45, 7) is -1.43. The van der Waals surface area contributed by atoms with Gasteiger partial charge >= 0.3 is 13.0 Å². The van der Waals surface area contributed by atoms with Gasteiger partial charge in [-0.25, -0.2) is 0 Å². The topological polar surface area (TPSA) is 27.7 Å². The Morgan fingerprint density at radius 1 is 1.17 bits per heavy atom. The van der Waals surface area contributed by atoms with Gasteiger partial charge in [0.05, 0.1) is 6.61 Å². The fourth-order valence-corrected chi connectivity index (χ4v) is 1.15. The molecule has 0 saturated heterocycles. The second-order valence-electron chi connectivity index (χ2n) is 2.97. The SMILES string of the molecule is CCOc1ccc(OC(F)(F)F)cc1OC(F)F. The molecule has 0 saturated carbocycles. The number of halogens is 5. The van der Waals surface area contributed by atoms with Crippen molar-refractivity contribution in [2.24, 2.45) is 0 Å². The van der Waals surface area contributed by atoms with Crippen molar-refractivity contribution in [1.82, 2.24) is 0 Å². The van der Waals surface area contributed by atoms with Gasteiger partial charge in [0, 0.05) is 6.07 Å². The van der Waals surface area contributed by atoms with Gasteiger partial charge in [0.25, 0.3) is 0 Å². The van der Waals surface area contributed by atoms with E-state index < -0.39 is 24.5 Å². The lowest BCUT2D eigenvalue weighted by Gasteiger charge is -2.14. The molecule has 0 atom stereocenters. The molecule has 8 heteroatoms. The molecule has 0 aliphatic rings. The summed E-state index contributed by atoms with van der Waals surface area (Å²) in [4.78, 5) is 0. The third-order valence-corrected chi connectivity index (χ3v) is 1.66. The van der Waals surface area contributed by atoms with Crippen LogP contribution in [0.5, 0.6) is 17.2 Å². The standard InChI is InChI=1S/C10H9F5O3/c1-2-16-7-4-3-6(18-10(13,14)15)5-8(7)17-9(11)12/h3-5,9H,2H2,1H3. The molecule has 1 rings (SSSR count). The van der Waals surface area contributed by atoms with E-state index in [0.29, 0.717) is 6.07 Å². The third kappa shape index (κ3) is 4.64. The van der Waals surface area contributed by atoms with Gasteiger partial charge in [-0.2, -0.15) is 8.78 Å². The number of benzene rings is 1. The van der Waals surface area contributed by atoms with Crippen molar-refractivity contribution in [3.05, 3.63) is 18.2 Å². The van der Waals surface area contributed by atoms with Crippen LogP contribution in [0.1, 0.15) is 6.92 Å². The number of hydrogen-bond acceptors (Lipinski definition) is 3. The van der Waals surface area contributed by atoms with E-state index in [1.807, 2.05) is 0 Å². The number of hydrogen-bond donors (Lipinski definition) is 0. The van der Waals surface area contributed by atoms with E-state index in [1.165, 1.54) is 0 Å². The van der Waals surface area contributed by atoms with E-state index in [0.717, 1.165) is 12.1 Å². The van der Waals surface area contributed by atoms with Gasteiger partial charge in [0.1, 0.15) is 5.75 Å². The van der Waals surface area contributed by atoms with Crippen LogP contribution in [0.15, 0.2) is 18.2 Å². The fraction of sp³-hybridized carbons (Fsp3) is 0.400. The van der Waals surface area contributed by atoms with Crippen LogP contribution in [0.25, 0.3) is 0 Å². The fourth-order valence-electron chi connectivity index (χ4n) is 1.15. The molecule has 102 valence electrons. The van der Waals surface area contributed by atoms with Crippen LogP contribution >= 0.6 is 0 Å². The molecule has 0 spiro atoms. The molecule has 0 amide bonds. The molecule has 0 fully saturated rings. The van der Waals surface area contributed by atoms with Crippen molar-refractivity contribution in [3.8, 4) is 17.2 Å². The van der Waals surface area contributed by atoms with Crippen LogP contribution in [0.4, 0.5) is 22.0 Å². The van der Waals surface area contributed by atoms with Crippen molar-refractivity contribution >= 4 is 0 Å².